The van der Waals surface area contributed by atoms with Crippen LogP contribution in [0, 0.1) is 0 Å². The van der Waals surface area contributed by atoms with Crippen LogP contribution in [-0.2, 0) is 22.5 Å². The van der Waals surface area contributed by atoms with Crippen molar-refractivity contribution in [3.05, 3.63) is 10.4 Å². The molecule has 0 unspecified atom stereocenters. The minimum atomic E-state index is -0.0902. The van der Waals surface area contributed by atoms with E-state index in [0.29, 0.717) is 6.61 Å². The summed E-state index contributed by atoms with van der Waals surface area (Å²) >= 11 is 3.48. The van der Waals surface area contributed by atoms with Crippen molar-refractivity contribution in [2.45, 2.75) is 51.0 Å². The smallest absolute Gasteiger partial charge is 0.190 e. The molecule has 154 valence electrons. The van der Waals surface area contributed by atoms with E-state index >= 15 is 0 Å². The monoisotopic (exact) mass is 423 g/mol. The molecule has 2 aliphatic rings. The largest absolute Gasteiger partial charge is 0.370 e. The number of morpholine rings is 1. The fourth-order valence-electron chi connectivity index (χ4n) is 3.87. The number of ether oxygens (including phenoxy) is 2. The molecule has 1 atom stereocenters. The van der Waals surface area contributed by atoms with Gasteiger partial charge in [0, 0.05) is 11.3 Å². The number of hydrogen-bond acceptors (Lipinski definition) is 7. The van der Waals surface area contributed by atoms with Crippen LogP contribution in [-0.4, -0.2) is 60.7 Å². The summed E-state index contributed by atoms with van der Waals surface area (Å²) in [5.74, 6) is 1.98. The first kappa shape index (κ1) is 20.3. The number of anilines is 1. The van der Waals surface area contributed by atoms with Crippen LogP contribution >= 0.6 is 23.1 Å². The highest BCUT2D eigenvalue weighted by Gasteiger charge is 2.33. The molecule has 2 aliphatic heterocycles. The summed E-state index contributed by atoms with van der Waals surface area (Å²) < 4.78 is 11.6. The number of thiophene rings is 1. The zero-order valence-corrected chi connectivity index (χ0v) is 18.7. The van der Waals surface area contributed by atoms with Crippen LogP contribution in [0.5, 0.6) is 0 Å². The fourth-order valence-corrected chi connectivity index (χ4v) is 5.60. The summed E-state index contributed by atoms with van der Waals surface area (Å²) in [6, 6.07) is 0. The fraction of sp³-hybridized carbons (Fsp3) is 0.700. The van der Waals surface area contributed by atoms with E-state index in [9.17, 15) is 0 Å². The van der Waals surface area contributed by atoms with Crippen molar-refractivity contribution in [2.24, 2.45) is 0 Å². The van der Waals surface area contributed by atoms with E-state index in [0.717, 1.165) is 73.8 Å². The van der Waals surface area contributed by atoms with Crippen LogP contribution in [0.4, 0.5) is 5.82 Å². The van der Waals surface area contributed by atoms with Crippen LogP contribution in [0.1, 0.15) is 37.6 Å². The van der Waals surface area contributed by atoms with Gasteiger partial charge in [0.25, 0.3) is 0 Å². The molecule has 4 heterocycles. The highest BCUT2D eigenvalue weighted by molar-refractivity contribution is 7.99. The average molecular weight is 424 g/mol. The summed E-state index contributed by atoms with van der Waals surface area (Å²) in [5, 5.41) is 5.75. The SMILES string of the molecule is CCSc1nc(NCC[NH+]2CCOCC2)c2c3c(sc2n1)CO[C@@](C)(CC)C3. The molecule has 1 saturated heterocycles. The van der Waals surface area contributed by atoms with Gasteiger partial charge in [0.15, 0.2) is 5.16 Å². The zero-order valence-electron chi connectivity index (χ0n) is 17.1. The van der Waals surface area contributed by atoms with E-state index in [1.807, 2.05) is 0 Å². The zero-order chi connectivity index (χ0) is 19.6. The topological polar surface area (TPSA) is 60.7 Å². The number of thioether (sulfide) groups is 1. The van der Waals surface area contributed by atoms with Crippen LogP contribution in [0.15, 0.2) is 5.16 Å². The first-order chi connectivity index (χ1) is 13.6. The van der Waals surface area contributed by atoms with Gasteiger partial charge in [-0.05, 0) is 24.7 Å². The van der Waals surface area contributed by atoms with Gasteiger partial charge in [-0.2, -0.15) is 0 Å². The molecule has 0 aliphatic carbocycles. The number of nitrogens with zero attached hydrogens (tertiary/aromatic N) is 2. The number of fused-ring (bicyclic) bond motifs is 3. The Morgan fingerprint density at radius 2 is 2.07 bits per heavy atom. The van der Waals surface area contributed by atoms with Crippen LogP contribution in [0.2, 0.25) is 0 Å². The third kappa shape index (κ3) is 4.31. The second-order valence-corrected chi connectivity index (χ2v) is 10.1. The highest BCUT2D eigenvalue weighted by atomic mass is 32.2. The summed E-state index contributed by atoms with van der Waals surface area (Å²) in [7, 11) is 0. The number of nitrogens with one attached hydrogen (secondary N) is 2. The lowest BCUT2D eigenvalue weighted by Crippen LogP contribution is -3.14. The molecule has 0 spiro atoms. The minimum absolute atomic E-state index is 0.0902. The molecule has 0 saturated carbocycles. The van der Waals surface area contributed by atoms with Crippen molar-refractivity contribution in [1.29, 1.82) is 0 Å². The third-order valence-electron chi connectivity index (χ3n) is 5.81. The van der Waals surface area contributed by atoms with Crippen molar-refractivity contribution in [3.8, 4) is 0 Å². The van der Waals surface area contributed by atoms with Crippen molar-refractivity contribution in [2.75, 3.05) is 50.5 Å². The predicted molar refractivity (Wildman–Crippen MR) is 116 cm³/mol. The van der Waals surface area contributed by atoms with Gasteiger partial charge in [-0.1, -0.05) is 25.6 Å². The van der Waals surface area contributed by atoms with E-state index in [1.165, 1.54) is 15.8 Å². The van der Waals surface area contributed by atoms with Gasteiger partial charge >= 0.3 is 0 Å². The number of quaternary nitrogens is 1. The van der Waals surface area contributed by atoms with E-state index in [2.05, 4.69) is 26.1 Å². The number of aromatic nitrogens is 2. The summed E-state index contributed by atoms with van der Waals surface area (Å²) in [6.45, 7) is 13.2. The standard InChI is InChI=1S/C20H30N4O2S2/c1-4-20(3)12-14-15(13-26-20)28-18-16(14)17(22-19(23-18)27-5-2)21-6-7-24-8-10-25-11-9-24/h4-13H2,1-3H3,(H,21,22,23)/p+1/t20-/m0/s1. The predicted octanol–water partition coefficient (Wildman–Crippen LogP) is 2.37. The second kappa shape index (κ2) is 8.83. The molecule has 2 aromatic rings. The van der Waals surface area contributed by atoms with Gasteiger partial charge in [0.05, 0.1) is 43.9 Å². The Bertz CT molecular complexity index is 822. The van der Waals surface area contributed by atoms with Crippen molar-refractivity contribution < 1.29 is 14.4 Å². The molecule has 0 aromatic carbocycles. The Kier molecular flexibility index (Phi) is 6.42. The van der Waals surface area contributed by atoms with Gasteiger partial charge < -0.3 is 19.7 Å². The lowest BCUT2D eigenvalue weighted by atomic mass is 9.90. The minimum Gasteiger partial charge on any atom is -0.370 e. The third-order valence-corrected chi connectivity index (χ3v) is 7.64. The Hall–Kier alpha value is -0.930. The molecule has 0 bridgehead atoms. The van der Waals surface area contributed by atoms with E-state index in [-0.39, 0.29) is 5.60 Å². The van der Waals surface area contributed by atoms with E-state index in [4.69, 9.17) is 19.4 Å². The van der Waals surface area contributed by atoms with E-state index < -0.39 is 0 Å². The van der Waals surface area contributed by atoms with Crippen molar-refractivity contribution >= 4 is 39.1 Å². The molecule has 8 heteroatoms. The molecule has 2 aromatic heterocycles. The van der Waals surface area contributed by atoms with Gasteiger partial charge in [0.1, 0.15) is 23.7 Å². The number of hydrogen-bond donors (Lipinski definition) is 2. The van der Waals surface area contributed by atoms with Gasteiger partial charge in [-0.15, -0.1) is 11.3 Å². The summed E-state index contributed by atoms with van der Waals surface area (Å²) in [5.41, 5.74) is 1.30. The highest BCUT2D eigenvalue weighted by Crippen LogP contribution is 2.42. The maximum atomic E-state index is 6.17. The first-order valence-electron chi connectivity index (χ1n) is 10.4. The molecule has 0 radical (unpaired) electrons. The molecule has 28 heavy (non-hydrogen) atoms. The van der Waals surface area contributed by atoms with Gasteiger partial charge in [0.2, 0.25) is 0 Å². The molecule has 4 rings (SSSR count). The second-order valence-electron chi connectivity index (χ2n) is 7.78. The average Bonchev–Trinajstić information content (AvgIpc) is 3.06. The molecule has 2 N–H and O–H groups in total. The lowest BCUT2D eigenvalue weighted by Gasteiger charge is -2.33. The lowest BCUT2D eigenvalue weighted by molar-refractivity contribution is -0.906. The summed E-state index contributed by atoms with van der Waals surface area (Å²) in [6.07, 6.45) is 1.95. The Morgan fingerprint density at radius 3 is 2.82 bits per heavy atom. The molecule has 1 fully saturated rings. The van der Waals surface area contributed by atoms with Crippen LogP contribution in [0.3, 0.4) is 0 Å². The van der Waals surface area contributed by atoms with Crippen LogP contribution in [0.25, 0.3) is 10.2 Å². The maximum Gasteiger partial charge on any atom is 0.190 e. The quantitative estimate of drug-likeness (QED) is 0.527. The molecule has 6 nitrogen and oxygen atoms in total. The van der Waals surface area contributed by atoms with Gasteiger partial charge in [-0.3, -0.25) is 0 Å². The Balaban J connectivity index is 1.61. The molecular formula is C20H31N4O2S2+. The Morgan fingerprint density at radius 1 is 1.25 bits per heavy atom. The van der Waals surface area contributed by atoms with Crippen LogP contribution < -0.4 is 10.2 Å². The Labute approximate surface area is 175 Å². The first-order valence-corrected chi connectivity index (χ1v) is 12.2. The van der Waals surface area contributed by atoms with Gasteiger partial charge in [-0.25, -0.2) is 9.97 Å². The van der Waals surface area contributed by atoms with Crippen molar-refractivity contribution in [1.82, 2.24) is 9.97 Å². The number of rotatable bonds is 7. The summed E-state index contributed by atoms with van der Waals surface area (Å²) in [4.78, 5) is 13.8. The van der Waals surface area contributed by atoms with E-state index in [1.54, 1.807) is 28.0 Å². The maximum absolute atomic E-state index is 6.17. The normalized spacial score (nSPS) is 23.1. The molecule has 0 amide bonds. The molecular weight excluding hydrogens is 392 g/mol. The van der Waals surface area contributed by atoms with Crippen molar-refractivity contribution in [3.63, 3.8) is 0 Å².